The highest BCUT2D eigenvalue weighted by Gasteiger charge is 2.46. The molecule has 2 fully saturated rings. The van der Waals surface area contributed by atoms with E-state index in [1.165, 1.54) is 15.9 Å². The second-order valence-electron chi connectivity index (χ2n) is 11.0. The summed E-state index contributed by atoms with van der Waals surface area (Å²) in [5.74, 6) is 0.420. The van der Waals surface area contributed by atoms with Gasteiger partial charge in [-0.25, -0.2) is 18.4 Å². The summed E-state index contributed by atoms with van der Waals surface area (Å²) in [4.78, 5) is 32.1. The van der Waals surface area contributed by atoms with Crippen LogP contribution in [0.15, 0.2) is 34.8 Å². The SMILES string of the molecule is Cc1csc(-c2ccc(-c3cnn4c(N)c(S(C)(=O)=O)c([C@H]5C[C@H]6CC[C@@H](C5)N6C(=O)c5nnc(C)[nH]5)nc34)cn2)n1. The molecular formula is C27H28N10O3S2. The van der Waals surface area contributed by atoms with Crippen LogP contribution in [-0.2, 0) is 9.84 Å². The van der Waals surface area contributed by atoms with E-state index < -0.39 is 9.84 Å². The molecular weight excluding hydrogens is 576 g/mol. The minimum absolute atomic E-state index is 0.00713. The molecule has 1 amide bonds. The van der Waals surface area contributed by atoms with Crippen molar-refractivity contribution in [2.24, 2.45) is 0 Å². The molecule has 2 aliphatic heterocycles. The molecule has 2 saturated heterocycles. The first kappa shape index (κ1) is 26.6. The highest BCUT2D eigenvalue weighted by atomic mass is 32.2. The van der Waals surface area contributed by atoms with Crippen molar-refractivity contribution < 1.29 is 13.2 Å². The molecule has 2 bridgehead atoms. The number of aromatic amines is 1. The number of nitrogens with one attached hydrogen (secondary N) is 1. The molecule has 0 unspecified atom stereocenters. The first-order valence-corrected chi connectivity index (χ1v) is 16.3. The number of pyridine rings is 1. The van der Waals surface area contributed by atoms with E-state index in [-0.39, 0.29) is 40.4 Å². The minimum atomic E-state index is -3.75. The number of H-pyrrole nitrogens is 1. The summed E-state index contributed by atoms with van der Waals surface area (Å²) in [6.07, 6.45) is 7.27. The van der Waals surface area contributed by atoms with Crippen LogP contribution in [0, 0.1) is 13.8 Å². The number of carbonyl (C=O) groups excluding carboxylic acids is 1. The van der Waals surface area contributed by atoms with Crippen LogP contribution < -0.4 is 5.73 Å². The van der Waals surface area contributed by atoms with E-state index in [1.807, 2.05) is 29.3 Å². The zero-order valence-corrected chi connectivity index (χ0v) is 24.8. The third kappa shape index (κ3) is 4.34. The molecule has 7 heterocycles. The van der Waals surface area contributed by atoms with Crippen molar-refractivity contribution in [2.75, 3.05) is 12.0 Å². The van der Waals surface area contributed by atoms with Crippen molar-refractivity contribution in [3.05, 3.63) is 52.9 Å². The molecule has 3 N–H and O–H groups in total. The predicted octanol–water partition coefficient (Wildman–Crippen LogP) is 3.19. The van der Waals surface area contributed by atoms with Crippen LogP contribution in [0.25, 0.3) is 27.5 Å². The van der Waals surface area contributed by atoms with Gasteiger partial charge in [0.1, 0.15) is 21.5 Å². The Kier molecular flexibility index (Phi) is 6.13. The quantitative estimate of drug-likeness (QED) is 0.303. The average Bonchev–Trinajstić information content (AvgIpc) is 3.74. The van der Waals surface area contributed by atoms with E-state index in [2.05, 4.69) is 30.2 Å². The number of rotatable bonds is 5. The van der Waals surface area contributed by atoms with Crippen LogP contribution in [0.3, 0.4) is 0 Å². The zero-order chi connectivity index (χ0) is 29.3. The van der Waals surface area contributed by atoms with Crippen LogP contribution in [0.2, 0.25) is 0 Å². The molecule has 0 spiro atoms. The number of amides is 1. The van der Waals surface area contributed by atoms with Gasteiger partial charge in [-0.3, -0.25) is 9.78 Å². The summed E-state index contributed by atoms with van der Waals surface area (Å²) < 4.78 is 27.6. The van der Waals surface area contributed by atoms with Crippen molar-refractivity contribution in [1.29, 1.82) is 0 Å². The van der Waals surface area contributed by atoms with E-state index in [1.54, 1.807) is 19.3 Å². The number of anilines is 1. The maximum absolute atomic E-state index is 13.3. The van der Waals surface area contributed by atoms with Gasteiger partial charge in [0.05, 0.1) is 17.6 Å². The van der Waals surface area contributed by atoms with Gasteiger partial charge in [-0.2, -0.15) is 9.61 Å². The lowest BCUT2D eigenvalue weighted by atomic mass is 9.87. The van der Waals surface area contributed by atoms with Gasteiger partial charge >= 0.3 is 0 Å². The summed E-state index contributed by atoms with van der Waals surface area (Å²) in [5, 5.41) is 15.1. The fourth-order valence-electron chi connectivity index (χ4n) is 6.33. The molecule has 15 heteroatoms. The Hall–Kier alpha value is -4.24. The Morgan fingerprint density at radius 3 is 2.45 bits per heavy atom. The van der Waals surface area contributed by atoms with Crippen molar-refractivity contribution in [3.63, 3.8) is 0 Å². The number of fused-ring (bicyclic) bond motifs is 3. The number of hydrogen-bond acceptors (Lipinski definition) is 11. The summed E-state index contributed by atoms with van der Waals surface area (Å²) in [6.45, 7) is 3.69. The number of aromatic nitrogens is 8. The second-order valence-corrected chi connectivity index (χ2v) is 13.8. The fraction of sp³-hybridized carbons (Fsp3) is 0.370. The van der Waals surface area contributed by atoms with Gasteiger partial charge < -0.3 is 15.6 Å². The lowest BCUT2D eigenvalue weighted by Crippen LogP contribution is -2.46. The Morgan fingerprint density at radius 2 is 1.86 bits per heavy atom. The molecule has 0 aliphatic carbocycles. The third-order valence-electron chi connectivity index (χ3n) is 8.10. The highest BCUT2D eigenvalue weighted by molar-refractivity contribution is 7.91. The molecule has 3 atom stereocenters. The first-order valence-electron chi connectivity index (χ1n) is 13.6. The Labute approximate surface area is 245 Å². The van der Waals surface area contributed by atoms with E-state index in [9.17, 15) is 13.2 Å². The number of piperidine rings is 1. The molecule has 0 saturated carbocycles. The van der Waals surface area contributed by atoms with Crippen molar-refractivity contribution in [1.82, 2.24) is 44.6 Å². The number of sulfone groups is 1. The molecule has 13 nitrogen and oxygen atoms in total. The normalized spacial score (nSPS) is 20.5. The number of thiazole rings is 1. The largest absolute Gasteiger partial charge is 0.382 e. The van der Waals surface area contributed by atoms with Crippen LogP contribution in [-0.4, -0.2) is 77.3 Å². The van der Waals surface area contributed by atoms with E-state index in [0.29, 0.717) is 35.6 Å². The zero-order valence-electron chi connectivity index (χ0n) is 23.1. The predicted molar refractivity (Wildman–Crippen MR) is 156 cm³/mol. The average molecular weight is 605 g/mol. The van der Waals surface area contributed by atoms with E-state index in [0.717, 1.165) is 41.1 Å². The number of carbonyl (C=O) groups is 1. The van der Waals surface area contributed by atoms with Gasteiger partial charge in [0.2, 0.25) is 5.82 Å². The van der Waals surface area contributed by atoms with Gasteiger partial charge in [0.25, 0.3) is 5.91 Å². The first-order chi connectivity index (χ1) is 20.1. The van der Waals surface area contributed by atoms with Crippen LogP contribution in [0.5, 0.6) is 0 Å². The second kappa shape index (κ2) is 9.66. The molecule has 0 aromatic carbocycles. The number of nitrogens with two attached hydrogens (primary N) is 1. The number of nitrogen functional groups attached to an aromatic ring is 1. The number of aryl methyl sites for hydroxylation is 2. The van der Waals surface area contributed by atoms with Crippen molar-refractivity contribution in [3.8, 4) is 21.8 Å². The molecule has 5 aromatic rings. The lowest BCUT2D eigenvalue weighted by Gasteiger charge is -2.38. The van der Waals surface area contributed by atoms with Crippen molar-refractivity contribution in [2.45, 2.75) is 62.4 Å². The molecule has 42 heavy (non-hydrogen) atoms. The number of nitrogens with zero attached hydrogens (tertiary/aromatic N) is 8. The van der Waals surface area contributed by atoms with Gasteiger partial charge in [-0.1, -0.05) is 6.07 Å². The van der Waals surface area contributed by atoms with Gasteiger partial charge in [-0.05, 0) is 45.6 Å². The topological polar surface area (TPSA) is 178 Å². The molecule has 5 aromatic heterocycles. The summed E-state index contributed by atoms with van der Waals surface area (Å²) in [7, 11) is -3.75. The van der Waals surface area contributed by atoms with Crippen LogP contribution in [0.4, 0.5) is 5.82 Å². The minimum Gasteiger partial charge on any atom is -0.382 e. The maximum Gasteiger partial charge on any atom is 0.292 e. The highest BCUT2D eigenvalue weighted by Crippen LogP contribution is 2.45. The van der Waals surface area contributed by atoms with Crippen LogP contribution in [0.1, 0.15) is 59.4 Å². The molecule has 2 aliphatic rings. The monoisotopic (exact) mass is 604 g/mol. The smallest absolute Gasteiger partial charge is 0.292 e. The Morgan fingerprint density at radius 1 is 1.10 bits per heavy atom. The van der Waals surface area contributed by atoms with E-state index >= 15 is 0 Å². The van der Waals surface area contributed by atoms with Gasteiger partial charge in [0, 0.05) is 52.7 Å². The fourth-order valence-corrected chi connectivity index (χ4v) is 8.16. The van der Waals surface area contributed by atoms with E-state index in [4.69, 9.17) is 10.7 Å². The Bertz CT molecular complexity index is 1950. The molecule has 7 rings (SSSR count). The molecule has 0 radical (unpaired) electrons. The Balaban J connectivity index is 1.27. The maximum atomic E-state index is 13.3. The summed E-state index contributed by atoms with van der Waals surface area (Å²) in [5.41, 5.74) is 10.6. The van der Waals surface area contributed by atoms with Gasteiger partial charge in [-0.15, -0.1) is 21.5 Å². The summed E-state index contributed by atoms with van der Waals surface area (Å²) in [6, 6.07) is 3.67. The van der Waals surface area contributed by atoms with Crippen molar-refractivity contribution >= 4 is 38.5 Å². The van der Waals surface area contributed by atoms with Crippen LogP contribution >= 0.6 is 11.3 Å². The standard InChI is InChI=1S/C27H28N10O3S2/c1-13-12-41-26(31-13)20-7-4-15(10-29-20)19-11-30-37-23(28)22(42(3,39)40)21(33-25(19)37)16-8-17-5-6-18(9-16)36(17)27(38)24-32-14(2)34-35-24/h4,7,10-12,16-18H,5-6,8-9,28H2,1-3H3,(H,32,34,35)/t16-,17+,18-. The lowest BCUT2D eigenvalue weighted by molar-refractivity contribution is 0.0556. The summed E-state index contributed by atoms with van der Waals surface area (Å²) >= 11 is 1.53. The molecule has 216 valence electrons. The third-order valence-corrected chi connectivity index (χ3v) is 10.2. The van der Waals surface area contributed by atoms with Gasteiger partial charge in [0.15, 0.2) is 15.5 Å². The number of hydrogen-bond donors (Lipinski definition) is 2.